The maximum absolute atomic E-state index is 13.5. The number of fused-ring (bicyclic) bond motifs is 1. The minimum absolute atomic E-state index is 0.0255. The molecule has 2 unspecified atom stereocenters. The van der Waals surface area contributed by atoms with E-state index in [0.29, 0.717) is 19.4 Å². The maximum Gasteiger partial charge on any atom is 0.246 e. The Morgan fingerprint density at radius 2 is 1.88 bits per heavy atom. The van der Waals surface area contributed by atoms with E-state index >= 15 is 0 Å². The molecule has 3 aliphatic rings. The highest BCUT2D eigenvalue weighted by atomic mass is 16.5. The molecule has 3 heterocycles. The number of hydrogen-bond donors (Lipinski definition) is 3. The zero-order chi connectivity index (χ0) is 23.3. The second kappa shape index (κ2) is 7.85. The number of amides is 3. The van der Waals surface area contributed by atoms with Crippen molar-refractivity contribution in [3.8, 4) is 0 Å². The van der Waals surface area contributed by atoms with E-state index in [0.717, 1.165) is 5.56 Å². The summed E-state index contributed by atoms with van der Waals surface area (Å²) in [4.78, 5) is 41.7. The van der Waals surface area contributed by atoms with Crippen molar-refractivity contribution in [3.05, 3.63) is 35.9 Å². The van der Waals surface area contributed by atoms with Crippen LogP contribution in [0.15, 0.2) is 30.3 Å². The van der Waals surface area contributed by atoms with Crippen molar-refractivity contribution in [2.24, 2.45) is 11.8 Å². The summed E-state index contributed by atoms with van der Waals surface area (Å²) in [6.45, 7) is 7.61. The van der Waals surface area contributed by atoms with Crippen LogP contribution in [0.4, 0.5) is 0 Å². The first-order valence-electron chi connectivity index (χ1n) is 11.3. The summed E-state index contributed by atoms with van der Waals surface area (Å²) >= 11 is 0. The Labute approximate surface area is 188 Å². The first-order valence-corrected chi connectivity index (χ1v) is 11.3. The second-order valence-electron chi connectivity index (χ2n) is 10.4. The van der Waals surface area contributed by atoms with Gasteiger partial charge >= 0.3 is 0 Å². The van der Waals surface area contributed by atoms with Crippen LogP contribution in [0.2, 0.25) is 0 Å². The van der Waals surface area contributed by atoms with E-state index in [-0.39, 0.29) is 30.9 Å². The third-order valence-corrected chi connectivity index (χ3v) is 6.96. The molecular weight excluding hydrogens is 410 g/mol. The van der Waals surface area contributed by atoms with Crippen LogP contribution in [-0.2, 0) is 25.7 Å². The van der Waals surface area contributed by atoms with Crippen molar-refractivity contribution in [1.82, 2.24) is 15.5 Å². The van der Waals surface area contributed by atoms with E-state index in [4.69, 9.17) is 4.74 Å². The molecule has 3 saturated heterocycles. The summed E-state index contributed by atoms with van der Waals surface area (Å²) in [6.07, 6.45) is 1.11. The quantitative estimate of drug-likeness (QED) is 0.607. The van der Waals surface area contributed by atoms with Crippen LogP contribution in [0.3, 0.4) is 0 Å². The average molecular weight is 444 g/mol. The Balaban J connectivity index is 1.64. The highest BCUT2D eigenvalue weighted by Gasteiger charge is 2.77. The van der Waals surface area contributed by atoms with Gasteiger partial charge in [-0.25, -0.2) is 0 Å². The lowest BCUT2D eigenvalue weighted by Crippen LogP contribution is -2.58. The van der Waals surface area contributed by atoms with Crippen molar-refractivity contribution < 1.29 is 24.2 Å². The molecule has 3 fully saturated rings. The van der Waals surface area contributed by atoms with Crippen LogP contribution in [0.5, 0.6) is 0 Å². The lowest BCUT2D eigenvalue weighted by Gasteiger charge is -2.35. The van der Waals surface area contributed by atoms with Gasteiger partial charge in [0.25, 0.3) is 0 Å². The smallest absolute Gasteiger partial charge is 0.246 e. The van der Waals surface area contributed by atoms with Crippen LogP contribution in [-0.4, -0.2) is 63.7 Å². The monoisotopic (exact) mass is 443 g/mol. The molecule has 1 spiro atoms. The third kappa shape index (κ3) is 3.59. The molecule has 3 N–H and O–H groups in total. The maximum atomic E-state index is 13.5. The van der Waals surface area contributed by atoms with E-state index in [1.165, 1.54) is 4.90 Å². The van der Waals surface area contributed by atoms with Gasteiger partial charge in [0.05, 0.1) is 24.0 Å². The topological polar surface area (TPSA) is 108 Å². The van der Waals surface area contributed by atoms with Crippen molar-refractivity contribution in [3.63, 3.8) is 0 Å². The number of carbonyl (C=O) groups is 3. The number of carbonyl (C=O) groups excluding carboxylic acids is 3. The number of ether oxygens (including phenoxy) is 1. The molecule has 0 saturated carbocycles. The summed E-state index contributed by atoms with van der Waals surface area (Å²) in [5, 5.41) is 15.5. The van der Waals surface area contributed by atoms with Gasteiger partial charge in [-0.2, -0.15) is 0 Å². The molecule has 0 radical (unpaired) electrons. The average Bonchev–Trinajstić information content (AvgIpc) is 3.27. The highest BCUT2D eigenvalue weighted by Crippen LogP contribution is 2.63. The number of β-amino-alcohol motifs (C(OH)–C–C–N with tert-alkyl or cyclic N) is 1. The SMILES string of the molecule is CC(C)(C)NC(=O)C1N(CCO)C(=O)[C@@H]2[C@H](C(=O)NCc3ccccc3)[C@]3(C)CCC12O3. The van der Waals surface area contributed by atoms with E-state index in [1.54, 1.807) is 0 Å². The lowest BCUT2D eigenvalue weighted by molar-refractivity contribution is -0.147. The minimum atomic E-state index is -1.06. The zero-order valence-corrected chi connectivity index (χ0v) is 19.2. The van der Waals surface area contributed by atoms with Crippen molar-refractivity contribution in [2.75, 3.05) is 13.2 Å². The Kier molecular flexibility index (Phi) is 5.57. The summed E-state index contributed by atoms with van der Waals surface area (Å²) in [7, 11) is 0. The van der Waals surface area contributed by atoms with E-state index in [2.05, 4.69) is 10.6 Å². The summed E-state index contributed by atoms with van der Waals surface area (Å²) < 4.78 is 6.49. The van der Waals surface area contributed by atoms with Gasteiger partial charge in [0, 0.05) is 18.6 Å². The molecular formula is C24H33N3O5. The molecule has 174 valence electrons. The molecule has 2 bridgehead atoms. The number of hydrogen-bond acceptors (Lipinski definition) is 5. The fraction of sp³-hybridized carbons (Fsp3) is 0.625. The van der Waals surface area contributed by atoms with E-state index in [1.807, 2.05) is 58.0 Å². The second-order valence-corrected chi connectivity index (χ2v) is 10.4. The number of aliphatic hydroxyl groups excluding tert-OH is 1. The van der Waals surface area contributed by atoms with Crippen LogP contribution in [0.1, 0.15) is 46.1 Å². The summed E-state index contributed by atoms with van der Waals surface area (Å²) in [6, 6.07) is 8.71. The number of aliphatic hydroxyl groups is 1. The highest BCUT2D eigenvalue weighted by molar-refractivity contribution is 5.99. The van der Waals surface area contributed by atoms with Gasteiger partial charge in [-0.05, 0) is 46.1 Å². The molecule has 3 aliphatic heterocycles. The third-order valence-electron chi connectivity index (χ3n) is 6.96. The molecule has 1 aromatic rings. The van der Waals surface area contributed by atoms with Gasteiger partial charge in [0.2, 0.25) is 17.7 Å². The molecule has 4 rings (SSSR count). The fourth-order valence-corrected chi connectivity index (χ4v) is 5.81. The van der Waals surface area contributed by atoms with E-state index in [9.17, 15) is 19.5 Å². The standard InChI is InChI=1S/C24H33N3O5/c1-22(2,3)26-20(30)18-24-11-10-23(4,32-24)16(17(24)21(31)27(18)12-13-28)19(29)25-14-15-8-6-5-7-9-15/h5-9,16-18,28H,10-14H2,1-4H3,(H,25,29)(H,26,30)/t16-,17+,18?,23+,24?/m1/s1. The lowest BCUT2D eigenvalue weighted by atomic mass is 9.66. The Morgan fingerprint density at radius 1 is 1.19 bits per heavy atom. The molecule has 1 aromatic carbocycles. The van der Waals surface area contributed by atoms with Gasteiger partial charge in [-0.1, -0.05) is 30.3 Å². The summed E-state index contributed by atoms with van der Waals surface area (Å²) in [5.41, 5.74) is -1.41. The van der Waals surface area contributed by atoms with Crippen molar-refractivity contribution in [2.45, 2.75) is 69.9 Å². The first-order chi connectivity index (χ1) is 15.0. The number of nitrogens with one attached hydrogen (secondary N) is 2. The van der Waals surface area contributed by atoms with Gasteiger partial charge in [0.15, 0.2) is 0 Å². The fourth-order valence-electron chi connectivity index (χ4n) is 5.81. The van der Waals surface area contributed by atoms with Crippen molar-refractivity contribution >= 4 is 17.7 Å². The molecule has 32 heavy (non-hydrogen) atoms. The van der Waals surface area contributed by atoms with Gasteiger partial charge in [-0.15, -0.1) is 0 Å². The Morgan fingerprint density at radius 3 is 2.50 bits per heavy atom. The number of nitrogens with zero attached hydrogens (tertiary/aromatic N) is 1. The molecule has 0 aromatic heterocycles. The predicted molar refractivity (Wildman–Crippen MR) is 117 cm³/mol. The molecule has 0 aliphatic carbocycles. The number of likely N-dealkylation sites (tertiary alicyclic amines) is 1. The van der Waals surface area contributed by atoms with Crippen LogP contribution >= 0.6 is 0 Å². The normalized spacial score (nSPS) is 33.3. The van der Waals surface area contributed by atoms with Gasteiger partial charge in [0.1, 0.15) is 11.6 Å². The molecule has 8 nitrogen and oxygen atoms in total. The van der Waals surface area contributed by atoms with Crippen molar-refractivity contribution in [1.29, 1.82) is 0 Å². The number of rotatable bonds is 6. The Bertz CT molecular complexity index is 914. The van der Waals surface area contributed by atoms with Gasteiger partial charge < -0.3 is 25.4 Å². The van der Waals surface area contributed by atoms with E-state index < -0.39 is 34.6 Å². The zero-order valence-electron chi connectivity index (χ0n) is 19.2. The van der Waals surface area contributed by atoms with Crippen LogP contribution < -0.4 is 10.6 Å². The van der Waals surface area contributed by atoms with Gasteiger partial charge in [-0.3, -0.25) is 14.4 Å². The predicted octanol–water partition coefficient (Wildman–Crippen LogP) is 0.975. The Hall–Kier alpha value is -2.45. The molecule has 8 heteroatoms. The largest absolute Gasteiger partial charge is 0.395 e. The summed E-state index contributed by atoms with van der Waals surface area (Å²) in [5.74, 6) is -2.29. The molecule has 3 amide bonds. The minimum Gasteiger partial charge on any atom is -0.395 e. The first kappa shape index (κ1) is 22.7. The number of benzene rings is 1. The van der Waals surface area contributed by atoms with Crippen LogP contribution in [0.25, 0.3) is 0 Å². The van der Waals surface area contributed by atoms with Crippen LogP contribution in [0, 0.1) is 11.8 Å². The molecule has 5 atom stereocenters.